The lowest BCUT2D eigenvalue weighted by Crippen LogP contribution is -2.20. The van der Waals surface area contributed by atoms with Crippen LogP contribution in [0.15, 0.2) is 30.3 Å². The average Bonchev–Trinajstić information content (AvgIpc) is 3.15. The minimum atomic E-state index is -0.172. The van der Waals surface area contributed by atoms with Crippen molar-refractivity contribution >= 4 is 27.3 Å². The first-order chi connectivity index (χ1) is 13.2. The van der Waals surface area contributed by atoms with Crippen molar-refractivity contribution in [2.24, 2.45) is 5.92 Å². The van der Waals surface area contributed by atoms with E-state index in [0.29, 0.717) is 11.6 Å². The van der Waals surface area contributed by atoms with Crippen LogP contribution in [0, 0.1) is 12.8 Å². The maximum absolute atomic E-state index is 12.3. The monoisotopic (exact) mass is 379 g/mol. The van der Waals surface area contributed by atoms with E-state index in [1.165, 1.54) is 43.2 Å². The fourth-order valence-corrected chi connectivity index (χ4v) is 5.10. The van der Waals surface area contributed by atoms with E-state index in [4.69, 9.17) is 0 Å². The number of nitrogens with one attached hydrogen (secondary N) is 1. The SMILES string of the molecule is CNC(=O)c1nnc(CC2CCCCC2)c2cc(-c3ccc(C)cc3)sc12. The predicted octanol–water partition coefficient (Wildman–Crippen LogP) is 5.15. The Hall–Kier alpha value is -2.27. The molecule has 1 amide bonds. The van der Waals surface area contributed by atoms with Gasteiger partial charge in [0.25, 0.3) is 5.91 Å². The van der Waals surface area contributed by atoms with Crippen LogP contribution in [0.1, 0.15) is 53.8 Å². The molecule has 4 rings (SSSR count). The van der Waals surface area contributed by atoms with Crippen LogP contribution in [0.2, 0.25) is 0 Å². The molecule has 1 N–H and O–H groups in total. The zero-order chi connectivity index (χ0) is 18.8. The summed E-state index contributed by atoms with van der Waals surface area (Å²) in [4.78, 5) is 13.5. The first-order valence-corrected chi connectivity index (χ1v) is 10.6. The number of thiophene rings is 1. The van der Waals surface area contributed by atoms with Crippen LogP contribution >= 0.6 is 11.3 Å². The molecule has 0 aliphatic heterocycles. The summed E-state index contributed by atoms with van der Waals surface area (Å²) in [6.45, 7) is 2.09. The van der Waals surface area contributed by atoms with Crippen molar-refractivity contribution in [1.29, 1.82) is 0 Å². The molecular formula is C22H25N3OS. The summed E-state index contributed by atoms with van der Waals surface area (Å²) in [6, 6.07) is 10.7. The molecule has 1 aromatic carbocycles. The van der Waals surface area contributed by atoms with Crippen molar-refractivity contribution in [3.63, 3.8) is 0 Å². The number of amides is 1. The predicted molar refractivity (Wildman–Crippen MR) is 111 cm³/mol. The molecular weight excluding hydrogens is 354 g/mol. The molecule has 0 bridgehead atoms. The fourth-order valence-electron chi connectivity index (χ4n) is 3.93. The molecule has 2 heterocycles. The van der Waals surface area contributed by atoms with Gasteiger partial charge in [-0.15, -0.1) is 16.4 Å². The van der Waals surface area contributed by atoms with Gasteiger partial charge in [-0.3, -0.25) is 4.79 Å². The Balaban J connectivity index is 1.79. The number of carbonyl (C=O) groups is 1. The number of fused-ring (bicyclic) bond motifs is 1. The quantitative estimate of drug-likeness (QED) is 0.682. The number of hydrogen-bond acceptors (Lipinski definition) is 4. The largest absolute Gasteiger partial charge is 0.354 e. The lowest BCUT2D eigenvalue weighted by Gasteiger charge is -2.21. The lowest BCUT2D eigenvalue weighted by molar-refractivity contribution is 0.0959. The molecule has 0 spiro atoms. The molecule has 5 heteroatoms. The standard InChI is InChI=1S/C22H25N3OS/c1-14-8-10-16(11-9-14)19-13-17-18(12-15-6-4-3-5-7-15)24-25-20(21(17)27-19)22(26)23-2/h8-11,13,15H,3-7,12H2,1-2H3,(H,23,26). The molecule has 3 aromatic rings. The van der Waals surface area contributed by atoms with Crippen molar-refractivity contribution in [2.75, 3.05) is 7.05 Å². The van der Waals surface area contributed by atoms with E-state index in [9.17, 15) is 4.79 Å². The second-order valence-electron chi connectivity index (χ2n) is 7.50. The summed E-state index contributed by atoms with van der Waals surface area (Å²) in [5.74, 6) is 0.513. The summed E-state index contributed by atoms with van der Waals surface area (Å²) in [5, 5.41) is 12.6. The highest BCUT2D eigenvalue weighted by atomic mass is 32.1. The van der Waals surface area contributed by atoms with E-state index in [0.717, 1.165) is 27.1 Å². The summed E-state index contributed by atoms with van der Waals surface area (Å²) in [5.41, 5.74) is 3.89. The van der Waals surface area contributed by atoms with E-state index in [1.54, 1.807) is 18.4 Å². The van der Waals surface area contributed by atoms with Gasteiger partial charge >= 0.3 is 0 Å². The highest BCUT2D eigenvalue weighted by Gasteiger charge is 2.21. The van der Waals surface area contributed by atoms with Crippen LogP contribution in [0.4, 0.5) is 0 Å². The fraction of sp³-hybridized carbons (Fsp3) is 0.409. The second-order valence-corrected chi connectivity index (χ2v) is 8.55. The maximum Gasteiger partial charge on any atom is 0.273 e. The Morgan fingerprint density at radius 2 is 1.89 bits per heavy atom. The summed E-state index contributed by atoms with van der Waals surface area (Å²) >= 11 is 1.64. The molecule has 0 atom stereocenters. The Labute approximate surface area is 164 Å². The van der Waals surface area contributed by atoms with Gasteiger partial charge in [-0.1, -0.05) is 61.9 Å². The van der Waals surface area contributed by atoms with Gasteiger partial charge in [0.05, 0.1) is 10.4 Å². The Bertz CT molecular complexity index is 956. The van der Waals surface area contributed by atoms with Gasteiger partial charge in [0, 0.05) is 17.3 Å². The van der Waals surface area contributed by atoms with Crippen LogP contribution in [0.25, 0.3) is 20.5 Å². The van der Waals surface area contributed by atoms with E-state index >= 15 is 0 Å². The van der Waals surface area contributed by atoms with Crippen molar-refractivity contribution in [3.8, 4) is 10.4 Å². The van der Waals surface area contributed by atoms with Gasteiger partial charge in [0.2, 0.25) is 0 Å². The topological polar surface area (TPSA) is 54.9 Å². The first-order valence-electron chi connectivity index (χ1n) is 9.74. The molecule has 2 aromatic heterocycles. The third-order valence-electron chi connectivity index (χ3n) is 5.51. The molecule has 0 unspecified atom stereocenters. The van der Waals surface area contributed by atoms with E-state index in [-0.39, 0.29) is 5.91 Å². The minimum absolute atomic E-state index is 0.172. The summed E-state index contributed by atoms with van der Waals surface area (Å²) in [7, 11) is 1.64. The van der Waals surface area contributed by atoms with Gasteiger partial charge in [0.1, 0.15) is 0 Å². The Kier molecular flexibility index (Phi) is 5.21. The minimum Gasteiger partial charge on any atom is -0.354 e. The zero-order valence-electron chi connectivity index (χ0n) is 15.9. The number of rotatable bonds is 4. The van der Waals surface area contributed by atoms with Crippen molar-refractivity contribution in [2.45, 2.75) is 45.4 Å². The van der Waals surface area contributed by atoms with Gasteiger partial charge < -0.3 is 5.32 Å². The number of benzene rings is 1. The smallest absolute Gasteiger partial charge is 0.273 e. The molecule has 0 radical (unpaired) electrons. The lowest BCUT2D eigenvalue weighted by atomic mass is 9.85. The molecule has 140 valence electrons. The summed E-state index contributed by atoms with van der Waals surface area (Å²) in [6.07, 6.45) is 7.49. The van der Waals surface area contributed by atoms with Gasteiger partial charge in [-0.25, -0.2) is 0 Å². The van der Waals surface area contributed by atoms with Crippen LogP contribution in [0.5, 0.6) is 0 Å². The highest BCUT2D eigenvalue weighted by molar-refractivity contribution is 7.22. The molecule has 0 saturated heterocycles. The average molecular weight is 380 g/mol. The molecule has 27 heavy (non-hydrogen) atoms. The van der Waals surface area contributed by atoms with Gasteiger partial charge in [0.15, 0.2) is 5.69 Å². The number of nitrogens with zero attached hydrogens (tertiary/aromatic N) is 2. The number of aryl methyl sites for hydroxylation is 1. The second kappa shape index (κ2) is 7.77. The Morgan fingerprint density at radius 3 is 2.59 bits per heavy atom. The maximum atomic E-state index is 12.3. The first kappa shape index (κ1) is 18.1. The highest BCUT2D eigenvalue weighted by Crippen LogP contribution is 2.37. The van der Waals surface area contributed by atoms with Crippen LogP contribution in [-0.4, -0.2) is 23.2 Å². The van der Waals surface area contributed by atoms with E-state index < -0.39 is 0 Å². The van der Waals surface area contributed by atoms with Crippen LogP contribution in [-0.2, 0) is 6.42 Å². The number of carbonyl (C=O) groups excluding carboxylic acids is 1. The zero-order valence-corrected chi connectivity index (χ0v) is 16.7. The number of hydrogen-bond donors (Lipinski definition) is 1. The molecule has 1 saturated carbocycles. The normalized spacial score (nSPS) is 15.2. The molecule has 1 aliphatic rings. The van der Waals surface area contributed by atoms with Crippen molar-refractivity contribution < 1.29 is 4.79 Å². The summed E-state index contributed by atoms with van der Waals surface area (Å²) < 4.78 is 0.950. The van der Waals surface area contributed by atoms with Gasteiger partial charge in [-0.2, -0.15) is 5.10 Å². The van der Waals surface area contributed by atoms with Crippen LogP contribution in [0.3, 0.4) is 0 Å². The van der Waals surface area contributed by atoms with Crippen molar-refractivity contribution in [3.05, 3.63) is 47.3 Å². The molecule has 1 fully saturated rings. The Morgan fingerprint density at radius 1 is 1.15 bits per heavy atom. The van der Waals surface area contributed by atoms with E-state index in [2.05, 4.69) is 52.8 Å². The molecule has 1 aliphatic carbocycles. The molecule has 4 nitrogen and oxygen atoms in total. The van der Waals surface area contributed by atoms with E-state index in [1.807, 2.05) is 0 Å². The number of aromatic nitrogens is 2. The van der Waals surface area contributed by atoms with Crippen LogP contribution < -0.4 is 5.32 Å². The third kappa shape index (κ3) is 3.74. The van der Waals surface area contributed by atoms with Crippen molar-refractivity contribution in [1.82, 2.24) is 15.5 Å². The van der Waals surface area contributed by atoms with Gasteiger partial charge in [-0.05, 0) is 30.9 Å². The third-order valence-corrected chi connectivity index (χ3v) is 6.70.